The number of sulfonamides is 1. The highest BCUT2D eigenvalue weighted by Gasteiger charge is 2.36. The van der Waals surface area contributed by atoms with Crippen LogP contribution in [0.25, 0.3) is 0 Å². The van der Waals surface area contributed by atoms with Gasteiger partial charge in [-0.2, -0.15) is 4.31 Å². The van der Waals surface area contributed by atoms with E-state index in [0.717, 1.165) is 64.7 Å². The van der Waals surface area contributed by atoms with Gasteiger partial charge >= 0.3 is 0 Å². The molecular weight excluding hydrogens is 374 g/mol. The number of carbonyl (C=O) groups is 1. The number of benzene rings is 1. The van der Waals surface area contributed by atoms with E-state index in [1.807, 2.05) is 11.0 Å². The Balaban J connectivity index is 1.34. The molecule has 0 aliphatic carbocycles. The molecule has 1 atom stereocenters. The zero-order valence-electron chi connectivity index (χ0n) is 16.5. The van der Waals surface area contributed by atoms with E-state index in [1.165, 1.54) is 0 Å². The number of rotatable bonds is 4. The van der Waals surface area contributed by atoms with Gasteiger partial charge in [0.25, 0.3) is 0 Å². The standard InChI is InChI=1S/C21H31N3O3S/c25-21(22-12-4-5-13-22)18-7-6-14-23(17-18)19-10-15-24(16-11-19)28(26,27)20-8-2-1-3-9-20/h1-3,8-9,18-19H,4-7,10-17H2/t18-/m0/s1. The summed E-state index contributed by atoms with van der Waals surface area (Å²) in [5.74, 6) is 0.462. The summed E-state index contributed by atoms with van der Waals surface area (Å²) in [5, 5.41) is 0. The topological polar surface area (TPSA) is 60.9 Å². The van der Waals surface area contributed by atoms with Crippen molar-refractivity contribution >= 4 is 15.9 Å². The molecule has 0 aromatic heterocycles. The molecule has 0 N–H and O–H groups in total. The Morgan fingerprint density at radius 2 is 1.54 bits per heavy atom. The van der Waals surface area contributed by atoms with E-state index >= 15 is 0 Å². The summed E-state index contributed by atoms with van der Waals surface area (Å²) in [7, 11) is -3.40. The number of amides is 1. The van der Waals surface area contributed by atoms with Crippen molar-refractivity contribution in [3.63, 3.8) is 0 Å². The van der Waals surface area contributed by atoms with Crippen molar-refractivity contribution in [2.45, 2.75) is 49.5 Å². The first kappa shape index (κ1) is 19.9. The SMILES string of the molecule is O=C([C@H]1CCCN(C2CCN(S(=O)(=O)c3ccccc3)CC2)C1)N1CCCC1. The van der Waals surface area contributed by atoms with Gasteiger partial charge in [0.2, 0.25) is 15.9 Å². The number of carbonyl (C=O) groups excluding carboxylic acids is 1. The third-order valence-electron chi connectivity index (χ3n) is 6.54. The molecule has 3 fully saturated rings. The van der Waals surface area contributed by atoms with Gasteiger partial charge in [0.1, 0.15) is 0 Å². The van der Waals surface area contributed by atoms with Crippen LogP contribution in [0.3, 0.4) is 0 Å². The van der Waals surface area contributed by atoms with E-state index in [4.69, 9.17) is 0 Å². The Labute approximate surface area is 168 Å². The summed E-state index contributed by atoms with van der Waals surface area (Å²) in [5.41, 5.74) is 0. The largest absolute Gasteiger partial charge is 0.342 e. The van der Waals surface area contributed by atoms with Gasteiger partial charge in [0, 0.05) is 38.8 Å². The molecule has 28 heavy (non-hydrogen) atoms. The highest BCUT2D eigenvalue weighted by molar-refractivity contribution is 7.89. The smallest absolute Gasteiger partial charge is 0.243 e. The maximum Gasteiger partial charge on any atom is 0.243 e. The first-order chi connectivity index (χ1) is 13.6. The lowest BCUT2D eigenvalue weighted by molar-refractivity contribution is -0.136. The number of hydrogen-bond donors (Lipinski definition) is 0. The number of nitrogens with zero attached hydrogens (tertiary/aromatic N) is 3. The van der Waals surface area contributed by atoms with Crippen molar-refractivity contribution in [1.29, 1.82) is 0 Å². The highest BCUT2D eigenvalue weighted by atomic mass is 32.2. The van der Waals surface area contributed by atoms with Gasteiger partial charge in [-0.15, -0.1) is 0 Å². The molecule has 0 saturated carbocycles. The second-order valence-corrected chi connectivity index (χ2v) is 10.3. The number of piperidine rings is 2. The lowest BCUT2D eigenvalue weighted by atomic mass is 9.93. The third kappa shape index (κ3) is 4.11. The predicted octanol–water partition coefficient (Wildman–Crippen LogP) is 2.17. The van der Waals surface area contributed by atoms with Gasteiger partial charge in [0.15, 0.2) is 0 Å². The molecule has 3 aliphatic rings. The summed E-state index contributed by atoms with van der Waals surface area (Å²) >= 11 is 0. The molecule has 1 aromatic rings. The zero-order chi connectivity index (χ0) is 19.6. The molecule has 3 saturated heterocycles. The van der Waals surface area contributed by atoms with Crippen LogP contribution in [0, 0.1) is 5.92 Å². The lowest BCUT2D eigenvalue weighted by Gasteiger charge is -2.42. The fourth-order valence-electron chi connectivity index (χ4n) is 4.92. The van der Waals surface area contributed by atoms with E-state index < -0.39 is 10.0 Å². The quantitative estimate of drug-likeness (QED) is 0.770. The normalized spacial score (nSPS) is 25.9. The van der Waals surface area contributed by atoms with Crippen molar-refractivity contribution in [3.8, 4) is 0 Å². The van der Waals surface area contributed by atoms with Gasteiger partial charge in [-0.3, -0.25) is 9.69 Å². The maximum absolute atomic E-state index is 12.8. The summed E-state index contributed by atoms with van der Waals surface area (Å²) in [6, 6.07) is 9.09. The molecule has 3 aliphatic heterocycles. The van der Waals surface area contributed by atoms with Crippen LogP contribution in [-0.4, -0.2) is 73.7 Å². The van der Waals surface area contributed by atoms with Crippen LogP contribution in [0.2, 0.25) is 0 Å². The van der Waals surface area contributed by atoms with E-state index in [2.05, 4.69) is 4.90 Å². The van der Waals surface area contributed by atoms with Crippen LogP contribution >= 0.6 is 0 Å². The maximum atomic E-state index is 12.8. The fraction of sp³-hybridized carbons (Fsp3) is 0.667. The fourth-order valence-corrected chi connectivity index (χ4v) is 6.42. The first-order valence-corrected chi connectivity index (χ1v) is 12.1. The summed E-state index contributed by atoms with van der Waals surface area (Å²) in [6.45, 7) is 4.83. The molecule has 0 spiro atoms. The minimum atomic E-state index is -3.40. The zero-order valence-corrected chi connectivity index (χ0v) is 17.3. The number of likely N-dealkylation sites (tertiary alicyclic amines) is 2. The predicted molar refractivity (Wildman–Crippen MR) is 108 cm³/mol. The second kappa shape index (κ2) is 8.51. The molecule has 154 valence electrons. The van der Waals surface area contributed by atoms with Gasteiger partial charge < -0.3 is 4.90 Å². The van der Waals surface area contributed by atoms with Crippen molar-refractivity contribution in [1.82, 2.24) is 14.1 Å². The first-order valence-electron chi connectivity index (χ1n) is 10.6. The van der Waals surface area contributed by atoms with E-state index in [0.29, 0.717) is 29.9 Å². The lowest BCUT2D eigenvalue weighted by Crippen LogP contribution is -2.51. The van der Waals surface area contributed by atoms with Gasteiger partial charge in [-0.05, 0) is 57.2 Å². The molecular formula is C21H31N3O3S. The Bertz CT molecular complexity index is 769. The Morgan fingerprint density at radius 1 is 0.857 bits per heavy atom. The molecule has 1 aromatic carbocycles. The summed E-state index contributed by atoms with van der Waals surface area (Å²) in [4.78, 5) is 17.7. The monoisotopic (exact) mass is 405 g/mol. The van der Waals surface area contributed by atoms with Crippen LogP contribution in [0.4, 0.5) is 0 Å². The average Bonchev–Trinajstić information content (AvgIpc) is 3.29. The molecule has 3 heterocycles. The third-order valence-corrected chi connectivity index (χ3v) is 8.45. The Hall–Kier alpha value is -1.44. The van der Waals surface area contributed by atoms with Crippen LogP contribution in [-0.2, 0) is 14.8 Å². The molecule has 0 unspecified atom stereocenters. The number of hydrogen-bond acceptors (Lipinski definition) is 4. The molecule has 0 bridgehead atoms. The van der Waals surface area contributed by atoms with Crippen LogP contribution in [0.1, 0.15) is 38.5 Å². The second-order valence-electron chi connectivity index (χ2n) is 8.31. The van der Waals surface area contributed by atoms with Crippen LogP contribution < -0.4 is 0 Å². The highest BCUT2D eigenvalue weighted by Crippen LogP contribution is 2.28. The minimum Gasteiger partial charge on any atom is -0.342 e. The Morgan fingerprint density at radius 3 is 2.21 bits per heavy atom. The average molecular weight is 406 g/mol. The molecule has 0 radical (unpaired) electrons. The molecule has 1 amide bonds. The Kier molecular flexibility index (Phi) is 6.04. The van der Waals surface area contributed by atoms with Gasteiger partial charge in [-0.25, -0.2) is 8.42 Å². The van der Waals surface area contributed by atoms with Gasteiger partial charge in [0.05, 0.1) is 10.8 Å². The van der Waals surface area contributed by atoms with Crippen LogP contribution in [0.15, 0.2) is 35.2 Å². The minimum absolute atomic E-state index is 0.123. The van der Waals surface area contributed by atoms with Crippen molar-refractivity contribution < 1.29 is 13.2 Å². The van der Waals surface area contributed by atoms with Gasteiger partial charge in [-0.1, -0.05) is 18.2 Å². The van der Waals surface area contributed by atoms with E-state index in [1.54, 1.807) is 28.6 Å². The molecule has 6 nitrogen and oxygen atoms in total. The summed E-state index contributed by atoms with van der Waals surface area (Å²) in [6.07, 6.45) is 6.01. The van der Waals surface area contributed by atoms with Crippen molar-refractivity contribution in [2.24, 2.45) is 5.92 Å². The van der Waals surface area contributed by atoms with E-state index in [9.17, 15) is 13.2 Å². The summed E-state index contributed by atoms with van der Waals surface area (Å²) < 4.78 is 27.3. The molecule has 4 rings (SSSR count). The van der Waals surface area contributed by atoms with E-state index in [-0.39, 0.29) is 5.92 Å². The molecule has 7 heteroatoms. The van der Waals surface area contributed by atoms with Crippen molar-refractivity contribution in [3.05, 3.63) is 30.3 Å². The van der Waals surface area contributed by atoms with Crippen molar-refractivity contribution in [2.75, 3.05) is 39.3 Å². The van der Waals surface area contributed by atoms with Crippen LogP contribution in [0.5, 0.6) is 0 Å².